The Balaban J connectivity index is 2.45. The summed E-state index contributed by atoms with van der Waals surface area (Å²) in [7, 11) is -3.83. The number of sulfonamides is 1. The largest absolute Gasteiger partial charge is 0.338 e. The van der Waals surface area contributed by atoms with E-state index in [1.165, 1.54) is 18.3 Å². The molecule has 1 aromatic heterocycles. The summed E-state index contributed by atoms with van der Waals surface area (Å²) in [5, 5.41) is 8.42. The number of para-hydroxylation sites is 1. The molecule has 0 aliphatic rings. The lowest BCUT2D eigenvalue weighted by Crippen LogP contribution is -2.14. The molecule has 18 heavy (non-hydrogen) atoms. The second kappa shape index (κ2) is 4.93. The van der Waals surface area contributed by atoms with Gasteiger partial charge in [0.1, 0.15) is 4.90 Å². The van der Waals surface area contributed by atoms with Crippen LogP contribution in [0.3, 0.4) is 0 Å². The second-order valence-corrected chi connectivity index (χ2v) is 5.44. The maximum Gasteiger partial charge on any atom is 0.241 e. The maximum atomic E-state index is 11.4. The molecule has 0 aliphatic heterocycles. The fourth-order valence-electron chi connectivity index (χ4n) is 1.40. The molecule has 5 nitrogen and oxygen atoms in total. The number of nitrogens with one attached hydrogen (secondary N) is 1. The van der Waals surface area contributed by atoms with E-state index in [-0.39, 0.29) is 10.7 Å². The molecule has 0 bridgehead atoms. The summed E-state index contributed by atoms with van der Waals surface area (Å²) in [6, 6.07) is 9.81. The topological polar surface area (TPSA) is 85.1 Å². The minimum Gasteiger partial charge on any atom is -0.338 e. The molecule has 2 aromatic rings. The van der Waals surface area contributed by atoms with Gasteiger partial charge < -0.3 is 5.32 Å². The predicted octanol–water partition coefficient (Wildman–Crippen LogP) is 2.13. The molecule has 0 aliphatic carbocycles. The van der Waals surface area contributed by atoms with Gasteiger partial charge >= 0.3 is 0 Å². The van der Waals surface area contributed by atoms with Crippen LogP contribution in [0.2, 0.25) is 5.02 Å². The smallest absolute Gasteiger partial charge is 0.241 e. The standard InChI is InChI=1S/C11H10ClN3O2S/c12-8-4-1-2-5-9(8)15-11-10(18(13,16)17)6-3-7-14-11/h1-7H,(H,14,15)(H2,13,16,17). The van der Waals surface area contributed by atoms with Crippen molar-refractivity contribution in [3.63, 3.8) is 0 Å². The quantitative estimate of drug-likeness (QED) is 0.903. The van der Waals surface area contributed by atoms with E-state index in [1.54, 1.807) is 24.3 Å². The van der Waals surface area contributed by atoms with Gasteiger partial charge in [0, 0.05) is 6.20 Å². The lowest BCUT2D eigenvalue weighted by atomic mass is 10.3. The van der Waals surface area contributed by atoms with Crippen LogP contribution in [0.1, 0.15) is 0 Å². The number of primary sulfonamides is 1. The number of hydrogen-bond acceptors (Lipinski definition) is 4. The van der Waals surface area contributed by atoms with Gasteiger partial charge in [0.2, 0.25) is 10.0 Å². The van der Waals surface area contributed by atoms with E-state index in [4.69, 9.17) is 16.7 Å². The van der Waals surface area contributed by atoms with Crippen molar-refractivity contribution in [1.82, 2.24) is 4.98 Å². The molecular weight excluding hydrogens is 274 g/mol. The van der Waals surface area contributed by atoms with Gasteiger partial charge in [0.05, 0.1) is 10.7 Å². The zero-order valence-electron chi connectivity index (χ0n) is 9.17. The average Bonchev–Trinajstić information content (AvgIpc) is 2.31. The normalized spacial score (nSPS) is 11.2. The number of nitrogens with zero attached hydrogens (tertiary/aromatic N) is 1. The highest BCUT2D eigenvalue weighted by molar-refractivity contribution is 7.89. The summed E-state index contributed by atoms with van der Waals surface area (Å²) < 4.78 is 22.8. The van der Waals surface area contributed by atoms with Crippen LogP contribution in [0.15, 0.2) is 47.5 Å². The molecule has 1 heterocycles. The Hall–Kier alpha value is -1.63. The van der Waals surface area contributed by atoms with Crippen molar-refractivity contribution in [2.75, 3.05) is 5.32 Å². The zero-order chi connectivity index (χ0) is 13.2. The number of halogens is 1. The first-order valence-corrected chi connectivity index (χ1v) is 6.90. The second-order valence-electron chi connectivity index (χ2n) is 3.50. The molecule has 0 fully saturated rings. The Kier molecular flexibility index (Phi) is 3.51. The molecule has 0 atom stereocenters. The number of aromatic nitrogens is 1. The van der Waals surface area contributed by atoms with Gasteiger partial charge in [-0.2, -0.15) is 0 Å². The first-order chi connectivity index (χ1) is 8.48. The van der Waals surface area contributed by atoms with Crippen LogP contribution in [0.25, 0.3) is 0 Å². The van der Waals surface area contributed by atoms with Crippen LogP contribution in [-0.4, -0.2) is 13.4 Å². The van der Waals surface area contributed by atoms with E-state index in [2.05, 4.69) is 10.3 Å². The fraction of sp³-hybridized carbons (Fsp3) is 0. The highest BCUT2D eigenvalue weighted by atomic mass is 35.5. The molecule has 0 unspecified atom stereocenters. The van der Waals surface area contributed by atoms with Crippen molar-refractivity contribution in [1.29, 1.82) is 0 Å². The lowest BCUT2D eigenvalue weighted by molar-refractivity contribution is 0.598. The monoisotopic (exact) mass is 283 g/mol. The summed E-state index contributed by atoms with van der Waals surface area (Å²) in [5.41, 5.74) is 0.558. The van der Waals surface area contributed by atoms with Crippen molar-refractivity contribution >= 4 is 33.1 Å². The molecule has 2 rings (SSSR count). The number of nitrogens with two attached hydrogens (primary N) is 1. The van der Waals surface area contributed by atoms with Crippen LogP contribution in [-0.2, 0) is 10.0 Å². The van der Waals surface area contributed by atoms with E-state index in [0.717, 1.165) is 0 Å². The Labute approximate surface area is 110 Å². The molecule has 0 saturated carbocycles. The van der Waals surface area contributed by atoms with Crippen LogP contribution in [0.4, 0.5) is 11.5 Å². The van der Waals surface area contributed by atoms with E-state index in [0.29, 0.717) is 10.7 Å². The molecule has 7 heteroatoms. The van der Waals surface area contributed by atoms with Crippen molar-refractivity contribution in [2.45, 2.75) is 4.90 Å². The van der Waals surface area contributed by atoms with Crippen LogP contribution >= 0.6 is 11.6 Å². The van der Waals surface area contributed by atoms with E-state index in [9.17, 15) is 8.42 Å². The van der Waals surface area contributed by atoms with E-state index in [1.807, 2.05) is 0 Å². The van der Waals surface area contributed by atoms with Gasteiger partial charge in [0.25, 0.3) is 0 Å². The first kappa shape index (κ1) is 12.8. The van der Waals surface area contributed by atoms with Gasteiger partial charge in [0.15, 0.2) is 5.82 Å². The number of pyridine rings is 1. The van der Waals surface area contributed by atoms with Crippen molar-refractivity contribution in [2.24, 2.45) is 5.14 Å². The fourth-order valence-corrected chi connectivity index (χ4v) is 2.23. The number of hydrogen-bond donors (Lipinski definition) is 2. The van der Waals surface area contributed by atoms with Crippen molar-refractivity contribution in [3.8, 4) is 0 Å². The highest BCUT2D eigenvalue weighted by Gasteiger charge is 2.15. The minimum atomic E-state index is -3.83. The Bertz CT molecular complexity index is 673. The summed E-state index contributed by atoms with van der Waals surface area (Å²) in [6.07, 6.45) is 1.47. The van der Waals surface area contributed by atoms with Crippen LogP contribution < -0.4 is 10.5 Å². The maximum absolute atomic E-state index is 11.4. The lowest BCUT2D eigenvalue weighted by Gasteiger charge is -2.10. The Morgan fingerprint density at radius 1 is 1.17 bits per heavy atom. The van der Waals surface area contributed by atoms with Gasteiger partial charge in [-0.3, -0.25) is 0 Å². The summed E-state index contributed by atoms with van der Waals surface area (Å²) in [4.78, 5) is 3.87. The van der Waals surface area contributed by atoms with Crippen molar-refractivity contribution < 1.29 is 8.42 Å². The highest BCUT2D eigenvalue weighted by Crippen LogP contribution is 2.26. The number of anilines is 2. The SMILES string of the molecule is NS(=O)(=O)c1cccnc1Nc1ccccc1Cl. The molecule has 0 amide bonds. The van der Waals surface area contributed by atoms with Gasteiger partial charge in [-0.05, 0) is 24.3 Å². The van der Waals surface area contributed by atoms with Gasteiger partial charge in [-0.15, -0.1) is 0 Å². The van der Waals surface area contributed by atoms with E-state index < -0.39 is 10.0 Å². The molecule has 0 spiro atoms. The third-order valence-corrected chi connectivity index (χ3v) is 3.48. The molecule has 1 aromatic carbocycles. The predicted molar refractivity (Wildman–Crippen MR) is 70.3 cm³/mol. The Morgan fingerprint density at radius 2 is 1.89 bits per heavy atom. The van der Waals surface area contributed by atoms with E-state index >= 15 is 0 Å². The molecule has 3 N–H and O–H groups in total. The molecule has 0 saturated heterocycles. The molecule has 0 radical (unpaired) electrons. The third-order valence-electron chi connectivity index (χ3n) is 2.20. The zero-order valence-corrected chi connectivity index (χ0v) is 10.7. The van der Waals surface area contributed by atoms with Crippen LogP contribution in [0, 0.1) is 0 Å². The van der Waals surface area contributed by atoms with Gasteiger partial charge in [-0.25, -0.2) is 18.5 Å². The summed E-state index contributed by atoms with van der Waals surface area (Å²) in [6.45, 7) is 0. The van der Waals surface area contributed by atoms with Crippen molar-refractivity contribution in [3.05, 3.63) is 47.6 Å². The van der Waals surface area contributed by atoms with Crippen LogP contribution in [0.5, 0.6) is 0 Å². The summed E-state index contributed by atoms with van der Waals surface area (Å²) >= 11 is 5.97. The molecule has 94 valence electrons. The minimum absolute atomic E-state index is 0.0788. The third kappa shape index (κ3) is 2.79. The summed E-state index contributed by atoms with van der Waals surface area (Å²) in [5.74, 6) is 0.146. The molecular formula is C11H10ClN3O2S. The number of benzene rings is 1. The Morgan fingerprint density at radius 3 is 2.56 bits per heavy atom. The first-order valence-electron chi connectivity index (χ1n) is 4.98. The van der Waals surface area contributed by atoms with Gasteiger partial charge in [-0.1, -0.05) is 23.7 Å². The average molecular weight is 284 g/mol. The number of rotatable bonds is 3.